The van der Waals surface area contributed by atoms with Gasteiger partial charge in [0.15, 0.2) is 0 Å². The zero-order valence-electron chi connectivity index (χ0n) is 12.1. The molecule has 0 radical (unpaired) electrons. The maximum absolute atomic E-state index is 12.4. The summed E-state index contributed by atoms with van der Waals surface area (Å²) in [4.78, 5) is 0.276. The molecule has 0 saturated heterocycles. The number of hydrogen-bond donors (Lipinski definition) is 0. The maximum Gasteiger partial charge on any atom is 0.282 e. The smallest absolute Gasteiger partial charge is 0.199 e. The topological polar surface area (TPSA) is 46.5 Å². The SMILES string of the molecule is Cc1cc(C)c(S(=O)(=O)/N=C\c2ccc(Cl)cc2)c(C)c1. The van der Waals surface area contributed by atoms with E-state index in [1.54, 1.807) is 38.1 Å². The lowest BCUT2D eigenvalue weighted by atomic mass is 10.1. The number of halogens is 1. The molecule has 110 valence electrons. The van der Waals surface area contributed by atoms with Crippen molar-refractivity contribution in [3.8, 4) is 0 Å². The van der Waals surface area contributed by atoms with Crippen LogP contribution in [0.4, 0.5) is 0 Å². The van der Waals surface area contributed by atoms with Gasteiger partial charge in [0, 0.05) is 11.2 Å². The molecule has 0 amide bonds. The van der Waals surface area contributed by atoms with Crippen LogP contribution in [0, 0.1) is 20.8 Å². The van der Waals surface area contributed by atoms with Gasteiger partial charge in [0.05, 0.1) is 4.90 Å². The summed E-state index contributed by atoms with van der Waals surface area (Å²) in [7, 11) is -3.71. The van der Waals surface area contributed by atoms with Gasteiger partial charge in [-0.1, -0.05) is 41.4 Å². The van der Waals surface area contributed by atoms with Gasteiger partial charge in [-0.15, -0.1) is 0 Å². The summed E-state index contributed by atoms with van der Waals surface area (Å²) in [6.07, 6.45) is 1.34. The Morgan fingerprint density at radius 1 is 1.00 bits per heavy atom. The van der Waals surface area contributed by atoms with Crippen molar-refractivity contribution in [2.75, 3.05) is 0 Å². The van der Waals surface area contributed by atoms with Gasteiger partial charge in [-0.05, 0) is 49.6 Å². The minimum absolute atomic E-state index is 0.276. The van der Waals surface area contributed by atoms with Crippen molar-refractivity contribution < 1.29 is 8.42 Å². The van der Waals surface area contributed by atoms with Crippen molar-refractivity contribution >= 4 is 27.8 Å². The van der Waals surface area contributed by atoms with Crippen LogP contribution in [0.1, 0.15) is 22.3 Å². The lowest BCUT2D eigenvalue weighted by Gasteiger charge is -2.08. The van der Waals surface area contributed by atoms with E-state index in [1.807, 2.05) is 19.1 Å². The molecule has 2 aromatic carbocycles. The van der Waals surface area contributed by atoms with Gasteiger partial charge in [-0.3, -0.25) is 0 Å². The number of sulfonamides is 1. The van der Waals surface area contributed by atoms with Gasteiger partial charge in [-0.2, -0.15) is 12.8 Å². The highest BCUT2D eigenvalue weighted by molar-refractivity contribution is 7.90. The molecule has 0 unspecified atom stereocenters. The predicted octanol–water partition coefficient (Wildman–Crippen LogP) is 4.07. The molecule has 5 heteroatoms. The van der Waals surface area contributed by atoms with Crippen LogP contribution >= 0.6 is 11.6 Å². The van der Waals surface area contributed by atoms with Gasteiger partial charge in [0.25, 0.3) is 10.0 Å². The Morgan fingerprint density at radius 3 is 2.05 bits per heavy atom. The lowest BCUT2D eigenvalue weighted by Crippen LogP contribution is -2.04. The number of aryl methyl sites for hydroxylation is 3. The van der Waals surface area contributed by atoms with Crippen LogP contribution in [0.5, 0.6) is 0 Å². The van der Waals surface area contributed by atoms with E-state index in [1.165, 1.54) is 6.21 Å². The van der Waals surface area contributed by atoms with Gasteiger partial charge < -0.3 is 0 Å². The molecule has 21 heavy (non-hydrogen) atoms. The van der Waals surface area contributed by atoms with Gasteiger partial charge in [0.2, 0.25) is 0 Å². The number of hydrogen-bond acceptors (Lipinski definition) is 2. The van der Waals surface area contributed by atoms with Gasteiger partial charge in [0.1, 0.15) is 0 Å². The molecule has 0 fully saturated rings. The van der Waals surface area contributed by atoms with E-state index >= 15 is 0 Å². The molecular weight excluding hydrogens is 306 g/mol. The fourth-order valence-electron chi connectivity index (χ4n) is 2.31. The van der Waals surface area contributed by atoms with E-state index in [0.29, 0.717) is 21.7 Å². The normalized spacial score (nSPS) is 12.0. The highest BCUT2D eigenvalue weighted by Gasteiger charge is 2.18. The first kappa shape index (κ1) is 15.7. The molecule has 0 aliphatic carbocycles. The summed E-state index contributed by atoms with van der Waals surface area (Å²) in [6, 6.07) is 10.5. The monoisotopic (exact) mass is 321 g/mol. The Bertz CT molecular complexity index is 771. The Kier molecular flexibility index (Phi) is 4.49. The van der Waals surface area contributed by atoms with E-state index in [4.69, 9.17) is 11.6 Å². The van der Waals surface area contributed by atoms with E-state index in [0.717, 1.165) is 5.56 Å². The van der Waals surface area contributed by atoms with Crippen LogP contribution in [0.15, 0.2) is 45.7 Å². The van der Waals surface area contributed by atoms with Crippen LogP contribution < -0.4 is 0 Å². The molecule has 0 aliphatic heterocycles. The van der Waals surface area contributed by atoms with Crippen molar-refractivity contribution in [2.45, 2.75) is 25.7 Å². The van der Waals surface area contributed by atoms with E-state index < -0.39 is 10.0 Å². The van der Waals surface area contributed by atoms with Crippen LogP contribution in [-0.2, 0) is 10.0 Å². The molecule has 0 aromatic heterocycles. The third-order valence-corrected chi connectivity index (χ3v) is 4.87. The maximum atomic E-state index is 12.4. The Labute approximate surface area is 130 Å². The third-order valence-electron chi connectivity index (χ3n) is 3.07. The molecule has 0 saturated carbocycles. The Balaban J connectivity index is 2.41. The predicted molar refractivity (Wildman–Crippen MR) is 86.9 cm³/mol. The Morgan fingerprint density at radius 2 is 1.52 bits per heavy atom. The first-order valence-electron chi connectivity index (χ1n) is 6.43. The van der Waals surface area contributed by atoms with Crippen LogP contribution in [-0.4, -0.2) is 14.6 Å². The third kappa shape index (κ3) is 3.71. The molecule has 2 rings (SSSR count). The first-order valence-corrected chi connectivity index (χ1v) is 8.25. The average molecular weight is 322 g/mol. The number of rotatable bonds is 3. The standard InChI is InChI=1S/C16H16ClNO2S/c1-11-8-12(2)16(13(3)9-11)21(19,20)18-10-14-4-6-15(17)7-5-14/h4-10H,1-3H3/b18-10-. The first-order chi connectivity index (χ1) is 9.79. The molecule has 0 spiro atoms. The second kappa shape index (κ2) is 6.00. The van der Waals surface area contributed by atoms with Crippen molar-refractivity contribution in [3.05, 3.63) is 63.7 Å². The van der Waals surface area contributed by atoms with Crippen LogP contribution in [0.3, 0.4) is 0 Å². The zero-order chi connectivity index (χ0) is 15.6. The molecule has 0 bridgehead atoms. The van der Waals surface area contributed by atoms with E-state index in [-0.39, 0.29) is 4.90 Å². The van der Waals surface area contributed by atoms with Crippen LogP contribution in [0.25, 0.3) is 0 Å². The number of nitrogens with zero attached hydrogens (tertiary/aromatic N) is 1. The fraction of sp³-hybridized carbons (Fsp3) is 0.188. The van der Waals surface area contributed by atoms with Crippen molar-refractivity contribution in [1.29, 1.82) is 0 Å². The summed E-state index contributed by atoms with van der Waals surface area (Å²) in [6.45, 7) is 5.50. The summed E-state index contributed by atoms with van der Waals surface area (Å²) < 4.78 is 28.6. The Hall–Kier alpha value is -1.65. The van der Waals surface area contributed by atoms with Gasteiger partial charge >= 0.3 is 0 Å². The molecular formula is C16H16ClNO2S. The quantitative estimate of drug-likeness (QED) is 0.800. The fourth-order valence-corrected chi connectivity index (χ4v) is 3.73. The lowest BCUT2D eigenvalue weighted by molar-refractivity contribution is 0.597. The minimum atomic E-state index is -3.71. The second-order valence-corrected chi connectivity index (χ2v) is 6.99. The summed E-state index contributed by atoms with van der Waals surface area (Å²) >= 11 is 5.79. The minimum Gasteiger partial charge on any atom is -0.199 e. The number of benzene rings is 2. The van der Waals surface area contributed by atoms with Crippen LogP contribution in [0.2, 0.25) is 5.02 Å². The van der Waals surface area contributed by atoms with Crippen molar-refractivity contribution in [2.24, 2.45) is 4.40 Å². The molecule has 3 nitrogen and oxygen atoms in total. The zero-order valence-corrected chi connectivity index (χ0v) is 13.7. The van der Waals surface area contributed by atoms with E-state index in [2.05, 4.69) is 4.40 Å². The molecule has 2 aromatic rings. The highest BCUT2D eigenvalue weighted by Crippen LogP contribution is 2.23. The van der Waals surface area contributed by atoms with Gasteiger partial charge in [-0.25, -0.2) is 0 Å². The average Bonchev–Trinajstić information content (AvgIpc) is 2.36. The van der Waals surface area contributed by atoms with Crippen molar-refractivity contribution in [3.63, 3.8) is 0 Å². The molecule has 0 heterocycles. The molecule has 0 atom stereocenters. The molecule has 0 aliphatic rings. The second-order valence-electron chi connectivity index (χ2n) is 4.99. The summed E-state index contributed by atoms with van der Waals surface area (Å²) in [5.74, 6) is 0. The molecule has 0 N–H and O–H groups in total. The van der Waals surface area contributed by atoms with Crippen molar-refractivity contribution in [1.82, 2.24) is 0 Å². The van der Waals surface area contributed by atoms with E-state index in [9.17, 15) is 8.42 Å². The summed E-state index contributed by atoms with van der Waals surface area (Å²) in [5, 5.41) is 0.597. The highest BCUT2D eigenvalue weighted by atomic mass is 35.5. The summed E-state index contributed by atoms with van der Waals surface area (Å²) in [5.41, 5.74) is 3.14. The largest absolute Gasteiger partial charge is 0.282 e.